The number of nitrogens with zero attached hydrogens (tertiary/aromatic N) is 1. The number of benzene rings is 1. The molecule has 1 aromatic rings. The molecule has 2 heterocycles. The van der Waals surface area contributed by atoms with Crippen LogP contribution in [0.3, 0.4) is 0 Å². The van der Waals surface area contributed by atoms with Gasteiger partial charge in [-0.15, -0.1) is 0 Å². The summed E-state index contributed by atoms with van der Waals surface area (Å²) in [6.07, 6.45) is 2.40. The molecule has 9 nitrogen and oxygen atoms in total. The number of cyclic esters (lactones) is 1. The molecule has 2 aliphatic rings. The Morgan fingerprint density at radius 3 is 2.68 bits per heavy atom. The Labute approximate surface area is 182 Å². The zero-order valence-corrected chi connectivity index (χ0v) is 18.3. The largest absolute Gasteiger partial charge is 0.493 e. The van der Waals surface area contributed by atoms with E-state index in [4.69, 9.17) is 18.9 Å². The van der Waals surface area contributed by atoms with Gasteiger partial charge in [0.1, 0.15) is 11.6 Å². The number of hydrogen-bond donors (Lipinski definition) is 1. The Morgan fingerprint density at radius 1 is 1.19 bits per heavy atom. The van der Waals surface area contributed by atoms with E-state index in [1.54, 1.807) is 12.1 Å². The molecule has 2 atom stereocenters. The number of amides is 2. The van der Waals surface area contributed by atoms with Crippen LogP contribution < -0.4 is 14.8 Å². The summed E-state index contributed by atoms with van der Waals surface area (Å²) in [5.74, 6) is -0.461. The maximum absolute atomic E-state index is 12.8. The van der Waals surface area contributed by atoms with Crippen LogP contribution in [0.25, 0.3) is 0 Å². The zero-order chi connectivity index (χ0) is 22.4. The second kappa shape index (κ2) is 10.5. The molecule has 2 aliphatic heterocycles. The highest BCUT2D eigenvalue weighted by Gasteiger charge is 2.47. The third kappa shape index (κ3) is 4.76. The summed E-state index contributed by atoms with van der Waals surface area (Å²) >= 11 is 0. The molecule has 9 heteroatoms. The van der Waals surface area contributed by atoms with E-state index < -0.39 is 18.2 Å². The quantitative estimate of drug-likeness (QED) is 0.421. The standard InChI is InChI=1S/C22H30N2O7/c1-4-5-12-30-13-6-11-23-20(26)15-8-10-17(25)24(15)21-14-7-9-16(28-2)19(29-3)18(14)22(27)31-21/h7,9,15,21H,4-6,8,10-13H2,1-3H3,(H,23,26). The van der Waals surface area contributed by atoms with E-state index in [0.29, 0.717) is 37.3 Å². The number of methoxy groups -OCH3 is 2. The van der Waals surface area contributed by atoms with Crippen molar-refractivity contribution < 1.29 is 33.3 Å². The van der Waals surface area contributed by atoms with Crippen molar-refractivity contribution in [1.29, 1.82) is 0 Å². The monoisotopic (exact) mass is 434 g/mol. The van der Waals surface area contributed by atoms with Crippen LogP contribution in [0.15, 0.2) is 12.1 Å². The topological polar surface area (TPSA) is 103 Å². The molecule has 0 spiro atoms. The van der Waals surface area contributed by atoms with E-state index in [9.17, 15) is 14.4 Å². The Bertz CT molecular complexity index is 826. The predicted molar refractivity (Wildman–Crippen MR) is 111 cm³/mol. The van der Waals surface area contributed by atoms with E-state index in [1.807, 2.05) is 0 Å². The van der Waals surface area contributed by atoms with Crippen LogP contribution in [0.4, 0.5) is 0 Å². The molecule has 1 saturated heterocycles. The van der Waals surface area contributed by atoms with Gasteiger partial charge < -0.3 is 24.3 Å². The summed E-state index contributed by atoms with van der Waals surface area (Å²) in [4.78, 5) is 39.3. The molecule has 0 aromatic heterocycles. The lowest BCUT2D eigenvalue weighted by Gasteiger charge is -2.29. The first-order valence-corrected chi connectivity index (χ1v) is 10.7. The van der Waals surface area contributed by atoms with Crippen LogP contribution >= 0.6 is 0 Å². The molecule has 31 heavy (non-hydrogen) atoms. The van der Waals surface area contributed by atoms with Crippen molar-refractivity contribution in [2.45, 2.75) is 51.3 Å². The highest BCUT2D eigenvalue weighted by Crippen LogP contribution is 2.45. The van der Waals surface area contributed by atoms with Gasteiger partial charge in [-0.3, -0.25) is 14.5 Å². The average molecular weight is 434 g/mol. The third-order valence-corrected chi connectivity index (χ3v) is 5.48. The Balaban J connectivity index is 1.69. The van der Waals surface area contributed by atoms with Crippen LogP contribution in [0.1, 0.15) is 61.2 Å². The minimum Gasteiger partial charge on any atom is -0.493 e. The molecule has 170 valence electrons. The van der Waals surface area contributed by atoms with E-state index >= 15 is 0 Å². The van der Waals surface area contributed by atoms with Gasteiger partial charge in [0.25, 0.3) is 0 Å². The highest BCUT2D eigenvalue weighted by atomic mass is 16.6. The SMILES string of the molecule is CCCCOCCCNC(=O)C1CCC(=O)N1C1OC(=O)c2c1ccc(OC)c2OC. The number of hydrogen-bond acceptors (Lipinski definition) is 7. The lowest BCUT2D eigenvalue weighted by atomic mass is 10.1. The maximum Gasteiger partial charge on any atom is 0.344 e. The smallest absolute Gasteiger partial charge is 0.344 e. The summed E-state index contributed by atoms with van der Waals surface area (Å²) in [7, 11) is 2.91. The molecule has 0 aliphatic carbocycles. The van der Waals surface area contributed by atoms with Crippen molar-refractivity contribution >= 4 is 17.8 Å². The predicted octanol–water partition coefficient (Wildman–Crippen LogP) is 2.19. The van der Waals surface area contributed by atoms with E-state index in [0.717, 1.165) is 19.4 Å². The molecular formula is C22H30N2O7. The number of unbranched alkanes of at least 4 members (excludes halogenated alkanes) is 1. The summed E-state index contributed by atoms with van der Waals surface area (Å²) in [6.45, 7) is 3.85. The van der Waals surface area contributed by atoms with Gasteiger partial charge in [-0.1, -0.05) is 13.3 Å². The second-order valence-electron chi connectivity index (χ2n) is 7.49. The fourth-order valence-electron chi connectivity index (χ4n) is 3.89. The number of esters is 1. The molecular weight excluding hydrogens is 404 g/mol. The number of ether oxygens (including phenoxy) is 4. The second-order valence-corrected chi connectivity index (χ2v) is 7.49. The van der Waals surface area contributed by atoms with Gasteiger partial charge in [-0.2, -0.15) is 0 Å². The lowest BCUT2D eigenvalue weighted by molar-refractivity contribution is -0.145. The number of carbonyl (C=O) groups excluding carboxylic acids is 3. The third-order valence-electron chi connectivity index (χ3n) is 5.48. The molecule has 1 N–H and O–H groups in total. The van der Waals surface area contributed by atoms with Gasteiger partial charge in [0.05, 0.1) is 14.2 Å². The van der Waals surface area contributed by atoms with Gasteiger partial charge in [0, 0.05) is 31.7 Å². The Morgan fingerprint density at radius 2 is 1.97 bits per heavy atom. The van der Waals surface area contributed by atoms with Crippen molar-refractivity contribution in [3.8, 4) is 11.5 Å². The molecule has 0 saturated carbocycles. The molecule has 0 bridgehead atoms. The Hall–Kier alpha value is -2.81. The van der Waals surface area contributed by atoms with Gasteiger partial charge in [-0.25, -0.2) is 4.79 Å². The van der Waals surface area contributed by atoms with Crippen molar-refractivity contribution in [2.75, 3.05) is 34.0 Å². The van der Waals surface area contributed by atoms with E-state index in [1.165, 1.54) is 19.1 Å². The van der Waals surface area contributed by atoms with Gasteiger partial charge in [0.15, 0.2) is 11.5 Å². The number of likely N-dealkylation sites (tertiary alicyclic amines) is 1. The minimum atomic E-state index is -0.967. The van der Waals surface area contributed by atoms with Crippen LogP contribution in [0.2, 0.25) is 0 Å². The number of carbonyl (C=O) groups is 3. The van der Waals surface area contributed by atoms with E-state index in [2.05, 4.69) is 12.2 Å². The van der Waals surface area contributed by atoms with Crippen LogP contribution in [0, 0.1) is 0 Å². The average Bonchev–Trinajstić information content (AvgIpc) is 3.31. The summed E-state index contributed by atoms with van der Waals surface area (Å²) in [5, 5.41) is 2.87. The van der Waals surface area contributed by atoms with Crippen molar-refractivity contribution in [3.63, 3.8) is 0 Å². The lowest BCUT2D eigenvalue weighted by Crippen LogP contribution is -2.46. The van der Waals surface area contributed by atoms with Crippen molar-refractivity contribution in [2.24, 2.45) is 0 Å². The summed E-state index contributed by atoms with van der Waals surface area (Å²) in [6, 6.07) is 2.62. The van der Waals surface area contributed by atoms with Crippen molar-refractivity contribution in [1.82, 2.24) is 10.2 Å². The van der Waals surface area contributed by atoms with Crippen LogP contribution in [0.5, 0.6) is 11.5 Å². The fourth-order valence-corrected chi connectivity index (χ4v) is 3.89. The molecule has 2 unspecified atom stereocenters. The molecule has 2 amide bonds. The molecule has 1 fully saturated rings. The minimum absolute atomic E-state index is 0.217. The fraction of sp³-hybridized carbons (Fsp3) is 0.591. The summed E-state index contributed by atoms with van der Waals surface area (Å²) in [5.41, 5.74) is 0.704. The molecule has 0 radical (unpaired) electrons. The first-order chi connectivity index (χ1) is 15.0. The molecule has 1 aromatic carbocycles. The number of nitrogens with one attached hydrogen (secondary N) is 1. The normalized spacial score (nSPS) is 19.9. The number of rotatable bonds is 11. The van der Waals surface area contributed by atoms with Gasteiger partial charge >= 0.3 is 5.97 Å². The van der Waals surface area contributed by atoms with Crippen molar-refractivity contribution in [3.05, 3.63) is 23.3 Å². The summed E-state index contributed by atoms with van der Waals surface area (Å²) < 4.78 is 21.6. The first-order valence-electron chi connectivity index (χ1n) is 10.7. The van der Waals surface area contributed by atoms with Gasteiger partial charge in [0.2, 0.25) is 18.0 Å². The number of fused-ring (bicyclic) bond motifs is 1. The molecule has 3 rings (SSSR count). The Kier molecular flexibility index (Phi) is 7.73. The van der Waals surface area contributed by atoms with Crippen LogP contribution in [-0.4, -0.2) is 62.7 Å². The highest BCUT2D eigenvalue weighted by molar-refractivity contribution is 5.99. The first kappa shape index (κ1) is 22.9. The van der Waals surface area contributed by atoms with E-state index in [-0.39, 0.29) is 29.5 Å². The van der Waals surface area contributed by atoms with Gasteiger partial charge in [-0.05, 0) is 31.4 Å². The zero-order valence-electron chi connectivity index (χ0n) is 18.3. The van der Waals surface area contributed by atoms with Crippen LogP contribution in [-0.2, 0) is 19.1 Å². The maximum atomic E-state index is 12.8.